The zero-order chi connectivity index (χ0) is 10.0. The van der Waals surface area contributed by atoms with Crippen LogP contribution in [0.25, 0.3) is 0 Å². The van der Waals surface area contributed by atoms with Gasteiger partial charge in [0.15, 0.2) is 0 Å². The number of halogens is 4. The molecule has 0 aliphatic heterocycles. The molecule has 0 aliphatic rings. The average molecular weight is 317 g/mol. The van der Waals surface area contributed by atoms with Gasteiger partial charge in [-0.15, -0.1) is 0 Å². The maximum atomic E-state index is 12.4. The van der Waals surface area contributed by atoms with Crippen molar-refractivity contribution >= 4 is 31.9 Å². The lowest BCUT2D eigenvalue weighted by atomic mass is 10.2. The number of alkyl halides is 3. The van der Waals surface area contributed by atoms with Crippen LogP contribution in [0.15, 0.2) is 10.7 Å². The van der Waals surface area contributed by atoms with E-state index in [0.29, 0.717) is 11.0 Å². The summed E-state index contributed by atoms with van der Waals surface area (Å²) in [5, 5.41) is 9.45. The normalized spacial score (nSPS) is 10.8. The fourth-order valence-corrected chi connectivity index (χ4v) is 2.25. The minimum Gasteiger partial charge on any atom is -0.506 e. The van der Waals surface area contributed by atoms with E-state index in [9.17, 15) is 8.78 Å². The SMILES string of the molecule is Oc1cnc(CBr)c(Br)c1C(F)F. The molecule has 6 heteroatoms. The third-order valence-corrected chi connectivity index (χ3v) is 2.87. The minimum atomic E-state index is -2.71. The second-order valence-electron chi connectivity index (χ2n) is 2.25. The van der Waals surface area contributed by atoms with Crippen LogP contribution in [0, 0.1) is 0 Å². The molecule has 0 unspecified atom stereocenters. The average Bonchev–Trinajstić information content (AvgIpc) is 2.04. The van der Waals surface area contributed by atoms with Crippen molar-refractivity contribution in [3.05, 3.63) is 21.9 Å². The van der Waals surface area contributed by atoms with Crippen molar-refractivity contribution in [1.82, 2.24) is 4.98 Å². The van der Waals surface area contributed by atoms with E-state index in [1.165, 1.54) is 0 Å². The van der Waals surface area contributed by atoms with Gasteiger partial charge >= 0.3 is 0 Å². The van der Waals surface area contributed by atoms with E-state index in [0.717, 1.165) is 6.20 Å². The Kier molecular flexibility index (Phi) is 3.61. The van der Waals surface area contributed by atoms with Crippen LogP contribution in [-0.2, 0) is 5.33 Å². The van der Waals surface area contributed by atoms with Crippen LogP contribution in [0.2, 0.25) is 0 Å². The molecule has 1 N–H and O–H groups in total. The summed E-state index contributed by atoms with van der Waals surface area (Å²) in [7, 11) is 0. The summed E-state index contributed by atoms with van der Waals surface area (Å²) in [6.07, 6.45) is -1.70. The van der Waals surface area contributed by atoms with Crippen molar-refractivity contribution in [2.24, 2.45) is 0 Å². The first kappa shape index (κ1) is 10.8. The van der Waals surface area contributed by atoms with Gasteiger partial charge in [-0.2, -0.15) is 0 Å². The summed E-state index contributed by atoms with van der Waals surface area (Å²) in [6.45, 7) is 0. The van der Waals surface area contributed by atoms with Crippen LogP contribution in [-0.4, -0.2) is 10.1 Å². The van der Waals surface area contributed by atoms with E-state index in [4.69, 9.17) is 5.11 Å². The predicted molar refractivity (Wildman–Crippen MR) is 51.2 cm³/mol. The van der Waals surface area contributed by atoms with E-state index < -0.39 is 17.7 Å². The molecule has 1 aromatic heterocycles. The van der Waals surface area contributed by atoms with Gasteiger partial charge < -0.3 is 5.11 Å². The third kappa shape index (κ3) is 2.17. The minimum absolute atomic E-state index is 0.152. The van der Waals surface area contributed by atoms with E-state index >= 15 is 0 Å². The molecule has 1 heterocycles. The first-order chi connectivity index (χ1) is 6.07. The standard InChI is InChI=1S/C7H5Br2F2NO/c8-1-3-6(9)5(7(10)11)4(13)2-12-3/h2,7,13H,1H2. The lowest BCUT2D eigenvalue weighted by molar-refractivity contribution is 0.146. The Morgan fingerprint density at radius 1 is 1.54 bits per heavy atom. The molecule has 0 radical (unpaired) electrons. The summed E-state index contributed by atoms with van der Waals surface area (Å²) in [4.78, 5) is 3.76. The van der Waals surface area contributed by atoms with Gasteiger partial charge in [-0.25, -0.2) is 8.78 Å². The first-order valence-electron chi connectivity index (χ1n) is 3.28. The molecule has 0 saturated heterocycles. The number of hydrogen-bond acceptors (Lipinski definition) is 2. The number of rotatable bonds is 2. The predicted octanol–water partition coefficient (Wildman–Crippen LogP) is 3.38. The van der Waals surface area contributed by atoms with Crippen LogP contribution < -0.4 is 0 Å². The van der Waals surface area contributed by atoms with Gasteiger partial charge in [-0.3, -0.25) is 4.98 Å². The van der Waals surface area contributed by atoms with Crippen LogP contribution in [0.4, 0.5) is 8.78 Å². The van der Waals surface area contributed by atoms with Crippen molar-refractivity contribution in [2.75, 3.05) is 0 Å². The quantitative estimate of drug-likeness (QED) is 0.848. The van der Waals surface area contributed by atoms with Crippen LogP contribution in [0.1, 0.15) is 17.7 Å². The highest BCUT2D eigenvalue weighted by molar-refractivity contribution is 9.10. The number of aromatic nitrogens is 1. The number of pyridine rings is 1. The van der Waals surface area contributed by atoms with Crippen LogP contribution >= 0.6 is 31.9 Å². The lowest BCUT2D eigenvalue weighted by Gasteiger charge is -2.08. The summed E-state index contributed by atoms with van der Waals surface area (Å²) in [5.41, 5.74) is 0.0255. The Morgan fingerprint density at radius 3 is 2.62 bits per heavy atom. The molecule has 0 amide bonds. The zero-order valence-corrected chi connectivity index (χ0v) is 9.44. The van der Waals surface area contributed by atoms with Gasteiger partial charge in [0.25, 0.3) is 6.43 Å². The molecule has 0 fully saturated rings. The molecule has 1 aromatic rings. The van der Waals surface area contributed by atoms with Gasteiger partial charge in [0.1, 0.15) is 5.75 Å². The molecule has 0 atom stereocenters. The van der Waals surface area contributed by atoms with Gasteiger partial charge in [-0.1, -0.05) is 15.9 Å². The fourth-order valence-electron chi connectivity index (χ4n) is 0.834. The number of hydrogen-bond donors (Lipinski definition) is 1. The van der Waals surface area contributed by atoms with Crippen molar-refractivity contribution < 1.29 is 13.9 Å². The largest absolute Gasteiger partial charge is 0.506 e. The monoisotopic (exact) mass is 315 g/mol. The highest BCUT2D eigenvalue weighted by Crippen LogP contribution is 2.36. The maximum absolute atomic E-state index is 12.4. The highest BCUT2D eigenvalue weighted by Gasteiger charge is 2.19. The van der Waals surface area contributed by atoms with Crippen molar-refractivity contribution in [3.8, 4) is 5.75 Å². The molecule has 0 saturated carbocycles. The second-order valence-corrected chi connectivity index (χ2v) is 3.61. The molecule has 0 spiro atoms. The summed E-state index contributed by atoms with van der Waals surface area (Å²) >= 11 is 6.06. The number of aromatic hydroxyl groups is 1. The number of nitrogens with zero attached hydrogens (tertiary/aromatic N) is 1. The Labute approximate surface area is 90.2 Å². The van der Waals surface area contributed by atoms with E-state index in [1.54, 1.807) is 0 Å². The summed E-state index contributed by atoms with van der Waals surface area (Å²) < 4.78 is 24.9. The lowest BCUT2D eigenvalue weighted by Crippen LogP contribution is -1.95. The van der Waals surface area contributed by atoms with Gasteiger partial charge in [0.2, 0.25) is 0 Å². The molecule has 1 rings (SSSR count). The van der Waals surface area contributed by atoms with Gasteiger partial charge in [0.05, 0.1) is 21.9 Å². The first-order valence-corrected chi connectivity index (χ1v) is 5.19. The summed E-state index contributed by atoms with van der Waals surface area (Å²) in [6, 6.07) is 0. The highest BCUT2D eigenvalue weighted by atomic mass is 79.9. The molecule has 0 bridgehead atoms. The molecular weight excluding hydrogens is 312 g/mol. The van der Waals surface area contributed by atoms with Gasteiger partial charge in [-0.05, 0) is 15.9 Å². The van der Waals surface area contributed by atoms with E-state index in [-0.39, 0.29) is 4.47 Å². The fraction of sp³-hybridized carbons (Fsp3) is 0.286. The van der Waals surface area contributed by atoms with Gasteiger partial charge in [0, 0.05) is 5.33 Å². The van der Waals surface area contributed by atoms with Crippen molar-refractivity contribution in [1.29, 1.82) is 0 Å². The third-order valence-electron chi connectivity index (χ3n) is 1.45. The molecular formula is C7H5Br2F2NO. The Morgan fingerprint density at radius 2 is 2.15 bits per heavy atom. The molecule has 0 aliphatic carbocycles. The van der Waals surface area contributed by atoms with E-state index in [1.807, 2.05) is 0 Å². The summed E-state index contributed by atoms with van der Waals surface area (Å²) in [5.74, 6) is -0.494. The van der Waals surface area contributed by atoms with Crippen molar-refractivity contribution in [3.63, 3.8) is 0 Å². The second kappa shape index (κ2) is 4.32. The Bertz CT molecular complexity index is 320. The molecule has 13 heavy (non-hydrogen) atoms. The molecule has 2 nitrogen and oxygen atoms in total. The smallest absolute Gasteiger partial charge is 0.268 e. The molecule has 0 aromatic carbocycles. The zero-order valence-electron chi connectivity index (χ0n) is 6.27. The van der Waals surface area contributed by atoms with Crippen LogP contribution in [0.3, 0.4) is 0 Å². The molecule has 72 valence electrons. The Hall–Kier alpha value is -0.230. The maximum Gasteiger partial charge on any atom is 0.268 e. The topological polar surface area (TPSA) is 33.1 Å². The van der Waals surface area contributed by atoms with Crippen molar-refractivity contribution in [2.45, 2.75) is 11.8 Å². The van der Waals surface area contributed by atoms with E-state index in [2.05, 4.69) is 36.8 Å². The van der Waals surface area contributed by atoms with Crippen LogP contribution in [0.5, 0.6) is 5.75 Å². The Balaban J connectivity index is 3.30.